The van der Waals surface area contributed by atoms with Crippen molar-refractivity contribution in [2.75, 3.05) is 13.2 Å². The van der Waals surface area contributed by atoms with Crippen LogP contribution in [0.25, 0.3) is 10.9 Å². The van der Waals surface area contributed by atoms with Crippen LogP contribution in [0.3, 0.4) is 0 Å². The van der Waals surface area contributed by atoms with Gasteiger partial charge in [-0.1, -0.05) is 38.1 Å². The first kappa shape index (κ1) is 15.9. The molecule has 2 aromatic rings. The smallest absolute Gasteiger partial charge is 0.0729 e. The number of pyridine rings is 1. The fourth-order valence-electron chi connectivity index (χ4n) is 2.78. The Morgan fingerprint density at radius 2 is 1.90 bits per heavy atom. The zero-order chi connectivity index (χ0) is 15.1. The summed E-state index contributed by atoms with van der Waals surface area (Å²) >= 11 is 0. The van der Waals surface area contributed by atoms with E-state index in [-0.39, 0.29) is 6.10 Å². The largest absolute Gasteiger partial charge is 0.377 e. The molecule has 3 heteroatoms. The standard InChI is InChI=1S/C18H26N2O/c1-4-18(21-6-3)17(19-5-2)13-15-12-11-14-9-7-8-10-16(14)20-15/h7-12,17-19H,4-6,13H2,1-3H3. The molecule has 0 aliphatic heterocycles. The zero-order valence-corrected chi connectivity index (χ0v) is 13.3. The molecule has 0 radical (unpaired) electrons. The molecule has 1 aromatic carbocycles. The lowest BCUT2D eigenvalue weighted by atomic mass is 10.0. The van der Waals surface area contributed by atoms with Crippen molar-refractivity contribution < 1.29 is 4.74 Å². The Bertz CT molecular complexity index is 556. The predicted octanol–water partition coefficient (Wildman–Crippen LogP) is 3.57. The van der Waals surface area contributed by atoms with Gasteiger partial charge in [0.05, 0.1) is 11.6 Å². The minimum absolute atomic E-state index is 0.239. The Balaban J connectivity index is 2.17. The summed E-state index contributed by atoms with van der Waals surface area (Å²) in [5, 5.41) is 4.74. The lowest BCUT2D eigenvalue weighted by Crippen LogP contribution is -2.43. The lowest BCUT2D eigenvalue weighted by Gasteiger charge is -2.26. The highest BCUT2D eigenvalue weighted by Gasteiger charge is 2.20. The average molecular weight is 286 g/mol. The third-order valence-electron chi connectivity index (χ3n) is 3.78. The van der Waals surface area contributed by atoms with E-state index in [1.807, 2.05) is 12.1 Å². The Labute approximate surface area is 127 Å². The van der Waals surface area contributed by atoms with Gasteiger partial charge in [0.2, 0.25) is 0 Å². The molecule has 1 N–H and O–H groups in total. The Morgan fingerprint density at radius 3 is 2.62 bits per heavy atom. The topological polar surface area (TPSA) is 34.2 Å². The van der Waals surface area contributed by atoms with E-state index in [0.717, 1.165) is 37.2 Å². The van der Waals surface area contributed by atoms with Crippen molar-refractivity contribution in [2.45, 2.75) is 45.8 Å². The van der Waals surface area contributed by atoms with Gasteiger partial charge in [0.25, 0.3) is 0 Å². The van der Waals surface area contributed by atoms with Crippen LogP contribution in [-0.4, -0.2) is 30.3 Å². The summed E-state index contributed by atoms with van der Waals surface area (Å²) in [7, 11) is 0. The molecule has 114 valence electrons. The highest BCUT2D eigenvalue weighted by molar-refractivity contribution is 5.78. The monoisotopic (exact) mass is 286 g/mol. The van der Waals surface area contributed by atoms with Gasteiger partial charge in [-0.15, -0.1) is 0 Å². The molecule has 2 unspecified atom stereocenters. The van der Waals surface area contributed by atoms with Crippen molar-refractivity contribution in [1.82, 2.24) is 10.3 Å². The quantitative estimate of drug-likeness (QED) is 0.805. The van der Waals surface area contributed by atoms with Crippen LogP contribution in [0.2, 0.25) is 0 Å². The molecular formula is C18H26N2O. The van der Waals surface area contributed by atoms with E-state index >= 15 is 0 Å². The molecule has 3 nitrogen and oxygen atoms in total. The molecular weight excluding hydrogens is 260 g/mol. The number of aromatic nitrogens is 1. The van der Waals surface area contributed by atoms with E-state index in [1.165, 1.54) is 5.39 Å². The number of nitrogens with one attached hydrogen (secondary N) is 1. The van der Waals surface area contributed by atoms with Crippen molar-refractivity contribution in [3.63, 3.8) is 0 Å². The van der Waals surface area contributed by atoms with Gasteiger partial charge in [-0.25, -0.2) is 0 Å². The van der Waals surface area contributed by atoms with Crippen LogP contribution in [0.5, 0.6) is 0 Å². The molecule has 0 spiro atoms. The normalized spacial score (nSPS) is 14.2. The Morgan fingerprint density at radius 1 is 1.10 bits per heavy atom. The molecule has 2 rings (SSSR count). The Hall–Kier alpha value is -1.45. The number of ether oxygens (including phenoxy) is 1. The van der Waals surface area contributed by atoms with Crippen LogP contribution in [0.15, 0.2) is 36.4 Å². The maximum Gasteiger partial charge on any atom is 0.0729 e. The number of rotatable bonds is 8. The predicted molar refractivity (Wildman–Crippen MR) is 88.6 cm³/mol. The van der Waals surface area contributed by atoms with Crippen molar-refractivity contribution in [2.24, 2.45) is 0 Å². The van der Waals surface area contributed by atoms with E-state index < -0.39 is 0 Å². The van der Waals surface area contributed by atoms with Gasteiger partial charge in [0, 0.05) is 30.1 Å². The third kappa shape index (κ3) is 4.26. The summed E-state index contributed by atoms with van der Waals surface area (Å²) in [5.41, 5.74) is 2.19. The maximum absolute atomic E-state index is 5.88. The molecule has 1 aromatic heterocycles. The molecule has 0 saturated heterocycles. The number of para-hydroxylation sites is 1. The van der Waals surface area contributed by atoms with Gasteiger partial charge in [0.15, 0.2) is 0 Å². The second-order valence-corrected chi connectivity index (χ2v) is 5.27. The first-order valence-electron chi connectivity index (χ1n) is 7.98. The minimum Gasteiger partial charge on any atom is -0.377 e. The van der Waals surface area contributed by atoms with Crippen LogP contribution < -0.4 is 5.32 Å². The molecule has 2 atom stereocenters. The fourth-order valence-corrected chi connectivity index (χ4v) is 2.78. The van der Waals surface area contributed by atoms with Crippen LogP contribution in [-0.2, 0) is 11.2 Å². The van der Waals surface area contributed by atoms with Crippen LogP contribution in [0, 0.1) is 0 Å². The molecule has 0 saturated carbocycles. The van der Waals surface area contributed by atoms with Gasteiger partial charge in [-0.3, -0.25) is 4.98 Å². The highest BCUT2D eigenvalue weighted by Crippen LogP contribution is 2.15. The molecule has 0 amide bonds. The third-order valence-corrected chi connectivity index (χ3v) is 3.78. The van der Waals surface area contributed by atoms with Gasteiger partial charge < -0.3 is 10.1 Å². The lowest BCUT2D eigenvalue weighted by molar-refractivity contribution is 0.0321. The number of hydrogen-bond acceptors (Lipinski definition) is 3. The van der Waals surface area contributed by atoms with Crippen LogP contribution >= 0.6 is 0 Å². The van der Waals surface area contributed by atoms with Gasteiger partial charge in [0.1, 0.15) is 0 Å². The number of nitrogens with zero attached hydrogens (tertiary/aromatic N) is 1. The van der Waals surface area contributed by atoms with E-state index in [4.69, 9.17) is 9.72 Å². The number of benzene rings is 1. The fraction of sp³-hybridized carbons (Fsp3) is 0.500. The van der Waals surface area contributed by atoms with Gasteiger partial charge >= 0.3 is 0 Å². The van der Waals surface area contributed by atoms with Crippen molar-refractivity contribution in [3.8, 4) is 0 Å². The average Bonchev–Trinajstić information content (AvgIpc) is 2.52. The number of likely N-dealkylation sites (N-methyl/N-ethyl adjacent to an activating group) is 1. The first-order chi connectivity index (χ1) is 10.3. The van der Waals surface area contributed by atoms with E-state index in [9.17, 15) is 0 Å². The van der Waals surface area contributed by atoms with Crippen molar-refractivity contribution >= 4 is 10.9 Å². The van der Waals surface area contributed by atoms with Crippen LogP contribution in [0.1, 0.15) is 32.9 Å². The molecule has 0 aliphatic carbocycles. The second kappa shape index (κ2) is 8.11. The molecule has 0 bridgehead atoms. The minimum atomic E-state index is 0.239. The van der Waals surface area contributed by atoms with Gasteiger partial charge in [-0.05, 0) is 32.0 Å². The number of hydrogen-bond donors (Lipinski definition) is 1. The summed E-state index contributed by atoms with van der Waals surface area (Å²) in [6.07, 6.45) is 2.15. The molecule has 0 fully saturated rings. The highest BCUT2D eigenvalue weighted by atomic mass is 16.5. The second-order valence-electron chi connectivity index (χ2n) is 5.27. The van der Waals surface area contributed by atoms with E-state index in [2.05, 4.69) is 50.4 Å². The summed E-state index contributed by atoms with van der Waals surface area (Å²) < 4.78 is 5.88. The van der Waals surface area contributed by atoms with Crippen molar-refractivity contribution in [1.29, 1.82) is 0 Å². The summed E-state index contributed by atoms with van der Waals surface area (Å²) in [6, 6.07) is 12.9. The van der Waals surface area contributed by atoms with E-state index in [0.29, 0.717) is 6.04 Å². The molecule has 0 aliphatic rings. The molecule has 21 heavy (non-hydrogen) atoms. The molecule has 1 heterocycles. The SMILES string of the molecule is CCNC(Cc1ccc2ccccc2n1)C(CC)OCC. The summed E-state index contributed by atoms with van der Waals surface area (Å²) in [4.78, 5) is 4.78. The van der Waals surface area contributed by atoms with Gasteiger partial charge in [-0.2, -0.15) is 0 Å². The van der Waals surface area contributed by atoms with Crippen LogP contribution in [0.4, 0.5) is 0 Å². The number of fused-ring (bicyclic) bond motifs is 1. The van der Waals surface area contributed by atoms with E-state index in [1.54, 1.807) is 0 Å². The summed E-state index contributed by atoms with van der Waals surface area (Å²) in [6.45, 7) is 8.07. The zero-order valence-electron chi connectivity index (χ0n) is 13.3. The Kier molecular flexibility index (Phi) is 6.15. The first-order valence-corrected chi connectivity index (χ1v) is 7.98. The summed E-state index contributed by atoms with van der Waals surface area (Å²) in [5.74, 6) is 0. The van der Waals surface area contributed by atoms with Crippen molar-refractivity contribution in [3.05, 3.63) is 42.1 Å². The maximum atomic E-state index is 5.88.